The van der Waals surface area contributed by atoms with E-state index in [1.54, 1.807) is 21.9 Å². The second-order valence-electron chi connectivity index (χ2n) is 8.25. The molecule has 0 saturated carbocycles. The molecule has 0 unspecified atom stereocenters. The number of hydrogen-bond acceptors (Lipinski definition) is 7. The lowest BCUT2D eigenvalue weighted by atomic mass is 9.82. The van der Waals surface area contributed by atoms with E-state index >= 15 is 0 Å². The van der Waals surface area contributed by atoms with Gasteiger partial charge in [0, 0.05) is 37.3 Å². The summed E-state index contributed by atoms with van der Waals surface area (Å²) in [7, 11) is 0. The third kappa shape index (κ3) is 2.76. The largest absolute Gasteiger partial charge is 0.492 e. The van der Waals surface area contributed by atoms with Gasteiger partial charge in [-0.3, -0.25) is 9.69 Å². The molecule has 7 nitrogen and oxygen atoms in total. The van der Waals surface area contributed by atoms with Gasteiger partial charge in [-0.05, 0) is 47.7 Å². The summed E-state index contributed by atoms with van der Waals surface area (Å²) < 4.78 is 3.51. The number of likely N-dealkylation sites (tertiary alicyclic amines) is 1. The first-order valence-corrected chi connectivity index (χ1v) is 11.9. The zero-order valence-electron chi connectivity index (χ0n) is 16.4. The number of thiazole rings is 1. The maximum absolute atomic E-state index is 12.4. The van der Waals surface area contributed by atoms with Gasteiger partial charge in [-0.25, -0.2) is 4.98 Å². The third-order valence-electron chi connectivity index (χ3n) is 6.29. The zero-order valence-corrected chi connectivity index (χ0v) is 18.1. The van der Waals surface area contributed by atoms with Crippen molar-refractivity contribution in [1.82, 2.24) is 24.1 Å². The fraction of sp³-hybridized carbons (Fsp3) is 0.381. The van der Waals surface area contributed by atoms with E-state index in [0.717, 1.165) is 36.6 Å². The van der Waals surface area contributed by atoms with E-state index in [4.69, 9.17) is 0 Å². The zero-order chi connectivity index (χ0) is 20.4. The maximum Gasteiger partial charge on any atom is 0.250 e. The lowest BCUT2D eigenvalue weighted by molar-refractivity contribution is 0.0953. The van der Waals surface area contributed by atoms with Crippen molar-refractivity contribution in [3.63, 3.8) is 0 Å². The van der Waals surface area contributed by atoms with Crippen molar-refractivity contribution >= 4 is 27.6 Å². The molecule has 6 heterocycles. The van der Waals surface area contributed by atoms with Gasteiger partial charge in [0.25, 0.3) is 5.56 Å². The minimum atomic E-state index is -0.0441. The average Bonchev–Trinajstić information content (AvgIpc) is 3.43. The van der Waals surface area contributed by atoms with Gasteiger partial charge in [0.1, 0.15) is 5.82 Å². The summed E-state index contributed by atoms with van der Waals surface area (Å²) in [6, 6.07) is 7.72. The molecule has 0 spiro atoms. The van der Waals surface area contributed by atoms with E-state index in [-0.39, 0.29) is 17.5 Å². The summed E-state index contributed by atoms with van der Waals surface area (Å²) >= 11 is 3.18. The normalized spacial score (nSPS) is 22.3. The predicted molar refractivity (Wildman–Crippen MR) is 117 cm³/mol. The second kappa shape index (κ2) is 6.76. The van der Waals surface area contributed by atoms with Crippen molar-refractivity contribution in [1.29, 1.82) is 0 Å². The van der Waals surface area contributed by atoms with E-state index in [0.29, 0.717) is 22.6 Å². The molecule has 2 aliphatic heterocycles. The summed E-state index contributed by atoms with van der Waals surface area (Å²) in [5.74, 6) is 1.58. The van der Waals surface area contributed by atoms with Crippen LogP contribution >= 0.6 is 22.7 Å². The smallest absolute Gasteiger partial charge is 0.250 e. The van der Waals surface area contributed by atoms with Gasteiger partial charge in [0.15, 0.2) is 0 Å². The van der Waals surface area contributed by atoms with E-state index in [9.17, 15) is 9.90 Å². The molecule has 0 aliphatic carbocycles. The average molecular weight is 440 g/mol. The van der Waals surface area contributed by atoms with Gasteiger partial charge in [-0.2, -0.15) is 15.9 Å². The Labute approximate surface area is 180 Å². The highest BCUT2D eigenvalue weighted by molar-refractivity contribution is 7.17. The number of rotatable bonds is 3. The Morgan fingerprint density at radius 2 is 2.13 bits per heavy atom. The molecule has 2 aliphatic rings. The fourth-order valence-corrected chi connectivity index (χ4v) is 6.97. The maximum atomic E-state index is 12.4. The fourth-order valence-electron chi connectivity index (χ4n) is 5.13. The topological polar surface area (TPSA) is 75.7 Å². The van der Waals surface area contributed by atoms with Gasteiger partial charge < -0.3 is 9.67 Å². The molecule has 30 heavy (non-hydrogen) atoms. The number of aromatic hydroxyl groups is 1. The molecule has 2 bridgehead atoms. The molecule has 0 amide bonds. The number of aromatic nitrogens is 4. The molecule has 4 aromatic heterocycles. The van der Waals surface area contributed by atoms with Crippen molar-refractivity contribution < 1.29 is 5.11 Å². The number of pyridine rings is 1. The summed E-state index contributed by atoms with van der Waals surface area (Å²) in [5.41, 5.74) is 2.42. The van der Waals surface area contributed by atoms with Crippen LogP contribution in [0, 0.1) is 12.8 Å². The van der Waals surface area contributed by atoms with Crippen LogP contribution in [0.15, 0.2) is 39.8 Å². The van der Waals surface area contributed by atoms with Crippen molar-refractivity contribution in [2.75, 3.05) is 13.1 Å². The number of thiophene rings is 1. The molecule has 6 rings (SSSR count). The van der Waals surface area contributed by atoms with Crippen LogP contribution in [-0.2, 0) is 6.54 Å². The molecular weight excluding hydrogens is 418 g/mol. The minimum Gasteiger partial charge on any atom is -0.492 e. The van der Waals surface area contributed by atoms with E-state index in [2.05, 4.69) is 37.9 Å². The van der Waals surface area contributed by atoms with Gasteiger partial charge in [-0.1, -0.05) is 17.4 Å². The van der Waals surface area contributed by atoms with E-state index in [1.807, 2.05) is 17.6 Å². The minimum absolute atomic E-state index is 0.0441. The predicted octanol–water partition coefficient (Wildman–Crippen LogP) is 3.24. The number of piperidine rings is 1. The second-order valence-corrected chi connectivity index (χ2v) is 10.0. The van der Waals surface area contributed by atoms with Gasteiger partial charge in [0.05, 0.1) is 10.9 Å². The molecule has 0 aromatic carbocycles. The van der Waals surface area contributed by atoms with Crippen LogP contribution in [0.1, 0.15) is 40.3 Å². The Balaban J connectivity index is 1.43. The third-order valence-corrected chi connectivity index (χ3v) is 8.06. The Kier molecular flexibility index (Phi) is 4.12. The van der Waals surface area contributed by atoms with Crippen LogP contribution in [0.5, 0.6) is 5.88 Å². The first-order chi connectivity index (χ1) is 14.6. The number of aryl methyl sites for hydroxylation is 1. The molecular formula is C21H21N5O2S2. The Hall–Kier alpha value is -2.49. The highest BCUT2D eigenvalue weighted by atomic mass is 32.1. The van der Waals surface area contributed by atoms with Gasteiger partial charge >= 0.3 is 0 Å². The van der Waals surface area contributed by atoms with Gasteiger partial charge in [-0.15, -0.1) is 5.10 Å². The quantitative estimate of drug-likeness (QED) is 0.530. The van der Waals surface area contributed by atoms with Crippen LogP contribution < -0.4 is 5.56 Å². The van der Waals surface area contributed by atoms with E-state index in [1.165, 1.54) is 16.9 Å². The van der Waals surface area contributed by atoms with Crippen LogP contribution in [-0.4, -0.2) is 42.3 Å². The molecule has 0 radical (unpaired) electrons. The Morgan fingerprint density at radius 1 is 1.23 bits per heavy atom. The van der Waals surface area contributed by atoms with Crippen molar-refractivity contribution in [2.24, 2.45) is 5.92 Å². The van der Waals surface area contributed by atoms with Crippen LogP contribution in [0.3, 0.4) is 0 Å². The number of hydrogen-bond donors (Lipinski definition) is 1. The molecule has 1 saturated heterocycles. The number of nitrogens with zero attached hydrogens (tertiary/aromatic N) is 5. The van der Waals surface area contributed by atoms with Crippen molar-refractivity contribution in [3.05, 3.63) is 67.3 Å². The molecule has 3 atom stereocenters. The molecule has 154 valence electrons. The Morgan fingerprint density at radius 3 is 2.93 bits per heavy atom. The summed E-state index contributed by atoms with van der Waals surface area (Å²) in [5, 5.41) is 19.6. The highest BCUT2D eigenvalue weighted by Gasteiger charge is 2.39. The first kappa shape index (κ1) is 18.3. The summed E-state index contributed by atoms with van der Waals surface area (Å²) in [4.78, 5) is 20.9. The molecule has 9 heteroatoms. The van der Waals surface area contributed by atoms with Crippen molar-refractivity contribution in [3.8, 4) is 5.88 Å². The summed E-state index contributed by atoms with van der Waals surface area (Å²) in [6.07, 6.45) is 1.11. The standard InChI is InChI=1S/C21H21N5O2S2/c1-12-22-21-26(23-12)20(28)19(30-21)18(14-5-6-29-11-14)24-8-13-7-15(10-24)16-3-2-4-17(27)25(16)9-13/h2-6,11,13,15,18,28H,7-10H2,1H3/t13-,15+,18-/m1/s1. The van der Waals surface area contributed by atoms with Crippen LogP contribution in [0.2, 0.25) is 0 Å². The van der Waals surface area contributed by atoms with Gasteiger partial charge in [0.2, 0.25) is 10.8 Å². The van der Waals surface area contributed by atoms with Crippen LogP contribution in [0.25, 0.3) is 4.96 Å². The molecule has 1 N–H and O–H groups in total. The summed E-state index contributed by atoms with van der Waals surface area (Å²) in [6.45, 7) is 4.34. The first-order valence-electron chi connectivity index (χ1n) is 10.1. The van der Waals surface area contributed by atoms with Crippen LogP contribution in [0.4, 0.5) is 0 Å². The lowest BCUT2D eigenvalue weighted by Crippen LogP contribution is -2.48. The SMILES string of the molecule is Cc1nc2sc([C@@H](c3ccsc3)N3C[C@H]4C[C@@H](C3)c3cccc(=O)n3C4)c(O)n2n1. The highest BCUT2D eigenvalue weighted by Crippen LogP contribution is 2.45. The monoisotopic (exact) mass is 439 g/mol. The lowest BCUT2D eigenvalue weighted by Gasteiger charge is -2.45. The molecule has 1 fully saturated rings. The number of fused-ring (bicyclic) bond motifs is 5. The van der Waals surface area contributed by atoms with E-state index < -0.39 is 0 Å². The Bertz CT molecular complexity index is 1290. The van der Waals surface area contributed by atoms with Crippen molar-refractivity contribution in [2.45, 2.75) is 31.8 Å². The molecule has 4 aromatic rings.